The molecule has 104 valence electrons. The molecule has 2 N–H and O–H groups in total. The highest BCUT2D eigenvalue weighted by molar-refractivity contribution is 5.78. The van der Waals surface area contributed by atoms with Crippen LogP contribution in [0.2, 0.25) is 0 Å². The summed E-state index contributed by atoms with van der Waals surface area (Å²) in [5, 5.41) is 4.56. The molecule has 1 fully saturated rings. The molecule has 1 aliphatic carbocycles. The van der Waals surface area contributed by atoms with Gasteiger partial charge in [-0.1, -0.05) is 13.8 Å². The van der Waals surface area contributed by atoms with Crippen molar-refractivity contribution < 1.29 is 0 Å². The number of aromatic nitrogens is 4. The lowest BCUT2D eigenvalue weighted by molar-refractivity contribution is 0.294. The van der Waals surface area contributed by atoms with Gasteiger partial charge in [0.15, 0.2) is 5.65 Å². The Morgan fingerprint density at radius 1 is 1.26 bits per heavy atom. The quantitative estimate of drug-likeness (QED) is 0.904. The van der Waals surface area contributed by atoms with Crippen LogP contribution in [-0.2, 0) is 13.5 Å². The number of rotatable bonds is 2. The SMILES string of the molecule is CCc1nn(C)c2c1nc(N)n2C1CCC(C)CC1. The van der Waals surface area contributed by atoms with E-state index < -0.39 is 0 Å². The Kier molecular flexibility index (Phi) is 2.99. The van der Waals surface area contributed by atoms with Crippen LogP contribution < -0.4 is 5.73 Å². The second-order valence-corrected chi connectivity index (χ2v) is 5.85. The van der Waals surface area contributed by atoms with Gasteiger partial charge >= 0.3 is 0 Å². The summed E-state index contributed by atoms with van der Waals surface area (Å²) in [6.45, 7) is 4.45. The zero-order valence-electron chi connectivity index (χ0n) is 12.1. The van der Waals surface area contributed by atoms with Crippen molar-refractivity contribution >= 4 is 17.1 Å². The highest BCUT2D eigenvalue weighted by Crippen LogP contribution is 2.36. The lowest BCUT2D eigenvalue weighted by Gasteiger charge is -2.28. The van der Waals surface area contributed by atoms with Crippen LogP contribution in [0.1, 0.15) is 51.3 Å². The molecule has 5 heteroatoms. The zero-order valence-corrected chi connectivity index (χ0v) is 12.1. The standard InChI is InChI=1S/C14H23N5/c1-4-11-12-13(18(3)17-11)19(14(15)16-12)10-7-5-9(2)6-8-10/h9-10H,4-8H2,1-3H3,(H2,15,16). The molecule has 0 spiro atoms. The van der Waals surface area contributed by atoms with Gasteiger partial charge in [0, 0.05) is 13.1 Å². The number of imidazole rings is 1. The smallest absolute Gasteiger partial charge is 0.202 e. The molecule has 0 unspecified atom stereocenters. The Morgan fingerprint density at radius 3 is 2.58 bits per heavy atom. The van der Waals surface area contributed by atoms with Crippen LogP contribution >= 0.6 is 0 Å². The van der Waals surface area contributed by atoms with Gasteiger partial charge in [0.2, 0.25) is 5.95 Å². The van der Waals surface area contributed by atoms with Gasteiger partial charge in [0.25, 0.3) is 0 Å². The molecule has 0 aliphatic heterocycles. The van der Waals surface area contributed by atoms with Crippen LogP contribution in [0.5, 0.6) is 0 Å². The fourth-order valence-corrected chi connectivity index (χ4v) is 3.32. The van der Waals surface area contributed by atoms with E-state index in [4.69, 9.17) is 5.73 Å². The minimum absolute atomic E-state index is 0.487. The first-order valence-electron chi connectivity index (χ1n) is 7.31. The predicted molar refractivity (Wildman–Crippen MR) is 77.0 cm³/mol. The summed E-state index contributed by atoms with van der Waals surface area (Å²) in [7, 11) is 1.99. The summed E-state index contributed by atoms with van der Waals surface area (Å²) in [6, 6.07) is 0.487. The minimum atomic E-state index is 0.487. The molecule has 0 aromatic carbocycles. The van der Waals surface area contributed by atoms with Gasteiger partial charge in [-0.3, -0.25) is 9.25 Å². The highest BCUT2D eigenvalue weighted by Gasteiger charge is 2.25. The zero-order chi connectivity index (χ0) is 13.6. The summed E-state index contributed by atoms with van der Waals surface area (Å²) in [4.78, 5) is 4.56. The number of fused-ring (bicyclic) bond motifs is 1. The molecule has 1 aliphatic rings. The molecule has 0 saturated heterocycles. The molecule has 1 saturated carbocycles. The second-order valence-electron chi connectivity index (χ2n) is 5.85. The topological polar surface area (TPSA) is 61.7 Å². The molecule has 2 aromatic rings. The molecular formula is C14H23N5. The van der Waals surface area contributed by atoms with Crippen LogP contribution in [-0.4, -0.2) is 19.3 Å². The first-order chi connectivity index (χ1) is 9.11. The molecule has 0 bridgehead atoms. The molecule has 0 amide bonds. The van der Waals surface area contributed by atoms with Gasteiger partial charge in [-0.2, -0.15) is 5.10 Å². The number of hydrogen-bond donors (Lipinski definition) is 1. The van der Waals surface area contributed by atoms with Crippen molar-refractivity contribution in [3.63, 3.8) is 0 Å². The third-order valence-electron chi connectivity index (χ3n) is 4.45. The summed E-state index contributed by atoms with van der Waals surface area (Å²) in [6.07, 6.45) is 5.85. The lowest BCUT2D eigenvalue weighted by Crippen LogP contribution is -2.19. The van der Waals surface area contributed by atoms with E-state index in [9.17, 15) is 0 Å². The first-order valence-corrected chi connectivity index (χ1v) is 7.31. The predicted octanol–water partition coefficient (Wildman–Crippen LogP) is 2.67. The van der Waals surface area contributed by atoms with E-state index >= 15 is 0 Å². The number of hydrogen-bond acceptors (Lipinski definition) is 3. The fraction of sp³-hybridized carbons (Fsp3) is 0.714. The van der Waals surface area contributed by atoms with Crippen molar-refractivity contribution in [3.05, 3.63) is 5.69 Å². The van der Waals surface area contributed by atoms with E-state index in [1.165, 1.54) is 25.7 Å². The third kappa shape index (κ3) is 1.91. The lowest BCUT2D eigenvalue weighted by atomic mass is 9.87. The average molecular weight is 261 g/mol. The van der Waals surface area contributed by atoms with Gasteiger partial charge in [-0.25, -0.2) is 4.98 Å². The van der Waals surface area contributed by atoms with Crippen molar-refractivity contribution in [2.24, 2.45) is 13.0 Å². The maximum atomic E-state index is 6.17. The maximum Gasteiger partial charge on any atom is 0.202 e. The molecule has 5 nitrogen and oxygen atoms in total. The summed E-state index contributed by atoms with van der Waals surface area (Å²) < 4.78 is 4.16. The van der Waals surface area contributed by atoms with Crippen LogP contribution in [0.25, 0.3) is 11.2 Å². The van der Waals surface area contributed by atoms with E-state index in [-0.39, 0.29) is 0 Å². The van der Waals surface area contributed by atoms with Gasteiger partial charge in [-0.15, -0.1) is 0 Å². The Morgan fingerprint density at radius 2 is 1.95 bits per heavy atom. The first kappa shape index (κ1) is 12.5. The van der Waals surface area contributed by atoms with Crippen LogP contribution in [0.3, 0.4) is 0 Å². The van der Waals surface area contributed by atoms with Crippen molar-refractivity contribution in [1.82, 2.24) is 19.3 Å². The van der Waals surface area contributed by atoms with Crippen molar-refractivity contribution in [2.75, 3.05) is 5.73 Å². The van der Waals surface area contributed by atoms with Crippen molar-refractivity contribution in [3.8, 4) is 0 Å². The van der Waals surface area contributed by atoms with Crippen LogP contribution in [0.15, 0.2) is 0 Å². The van der Waals surface area contributed by atoms with E-state index in [1.807, 2.05) is 11.7 Å². The third-order valence-corrected chi connectivity index (χ3v) is 4.45. The minimum Gasteiger partial charge on any atom is -0.369 e. The average Bonchev–Trinajstić information content (AvgIpc) is 2.88. The number of nitrogen functional groups attached to an aromatic ring is 1. The highest BCUT2D eigenvalue weighted by atomic mass is 15.4. The van der Waals surface area contributed by atoms with Crippen LogP contribution in [0, 0.1) is 5.92 Å². The molecular weight excluding hydrogens is 238 g/mol. The van der Waals surface area contributed by atoms with E-state index in [0.29, 0.717) is 12.0 Å². The Hall–Kier alpha value is -1.52. The van der Waals surface area contributed by atoms with Gasteiger partial charge < -0.3 is 5.73 Å². The number of aryl methyl sites for hydroxylation is 2. The molecule has 2 heterocycles. The molecule has 3 rings (SSSR count). The Balaban J connectivity index is 2.07. The Bertz CT molecular complexity index is 587. The van der Waals surface area contributed by atoms with Gasteiger partial charge in [0.1, 0.15) is 5.52 Å². The fourth-order valence-electron chi connectivity index (χ4n) is 3.32. The monoisotopic (exact) mass is 261 g/mol. The molecule has 0 radical (unpaired) electrons. The normalized spacial score (nSPS) is 24.2. The number of nitrogens with zero attached hydrogens (tertiary/aromatic N) is 4. The van der Waals surface area contributed by atoms with Gasteiger partial charge in [0.05, 0.1) is 5.69 Å². The van der Waals surface area contributed by atoms with Crippen molar-refractivity contribution in [1.29, 1.82) is 0 Å². The number of nitrogens with two attached hydrogens (primary N) is 1. The summed E-state index contributed by atoms with van der Waals surface area (Å²) in [5.41, 5.74) is 9.29. The summed E-state index contributed by atoms with van der Waals surface area (Å²) >= 11 is 0. The van der Waals surface area contributed by atoms with E-state index in [0.717, 1.165) is 29.2 Å². The van der Waals surface area contributed by atoms with Crippen molar-refractivity contribution in [2.45, 2.75) is 52.0 Å². The van der Waals surface area contributed by atoms with E-state index in [1.54, 1.807) is 0 Å². The van der Waals surface area contributed by atoms with Gasteiger partial charge in [-0.05, 0) is 38.0 Å². The molecule has 0 atom stereocenters. The Labute approximate surface area is 113 Å². The maximum absolute atomic E-state index is 6.17. The van der Waals surface area contributed by atoms with E-state index in [2.05, 4.69) is 28.5 Å². The van der Waals surface area contributed by atoms with Crippen LogP contribution in [0.4, 0.5) is 5.95 Å². The largest absolute Gasteiger partial charge is 0.369 e. The molecule has 19 heavy (non-hydrogen) atoms. The number of anilines is 1. The second kappa shape index (κ2) is 4.54. The summed E-state index contributed by atoms with van der Waals surface area (Å²) in [5.74, 6) is 1.49. The molecule has 2 aromatic heterocycles.